The number of amides is 1. The third kappa shape index (κ3) is 32.3. The maximum absolute atomic E-state index is 12.6. The highest BCUT2D eigenvalue weighted by Gasteiger charge is 2.12. The van der Waals surface area contributed by atoms with Crippen molar-refractivity contribution < 1.29 is 24.2 Å². The first-order valence-electron chi connectivity index (χ1n) is 17.8. The molecule has 2 N–H and O–H groups in total. The monoisotopic (exact) mass is 615 g/mol. The SMILES string of the molecule is CC/C=C\C/C=C\C/C=C\C/C=C\C(CCCCCC(=O)NCC(=O)O)OC(=O)CCCCCCCCCCCCCCC. The first-order chi connectivity index (χ1) is 21.5. The van der Waals surface area contributed by atoms with Crippen LogP contribution in [0.1, 0.15) is 162 Å². The van der Waals surface area contributed by atoms with Crippen molar-refractivity contribution in [2.45, 2.75) is 168 Å². The highest BCUT2D eigenvalue weighted by molar-refractivity contribution is 5.80. The first-order valence-corrected chi connectivity index (χ1v) is 17.8. The summed E-state index contributed by atoms with van der Waals surface area (Å²) in [6.45, 7) is 4.05. The third-order valence-electron chi connectivity index (χ3n) is 7.50. The Labute approximate surface area is 269 Å². The van der Waals surface area contributed by atoms with Crippen LogP contribution in [0.5, 0.6) is 0 Å². The van der Waals surface area contributed by atoms with E-state index in [1.165, 1.54) is 70.6 Å². The van der Waals surface area contributed by atoms with E-state index in [2.05, 4.69) is 61.7 Å². The molecule has 0 aromatic carbocycles. The van der Waals surface area contributed by atoms with Gasteiger partial charge in [-0.2, -0.15) is 0 Å². The van der Waals surface area contributed by atoms with E-state index in [0.29, 0.717) is 19.3 Å². The summed E-state index contributed by atoms with van der Waals surface area (Å²) in [6, 6.07) is 0. The van der Waals surface area contributed by atoms with Crippen LogP contribution in [0.4, 0.5) is 0 Å². The average molecular weight is 616 g/mol. The van der Waals surface area contributed by atoms with Crippen molar-refractivity contribution in [2.24, 2.45) is 0 Å². The second-order valence-corrected chi connectivity index (χ2v) is 11.7. The summed E-state index contributed by atoms with van der Waals surface area (Å²) in [4.78, 5) is 34.9. The van der Waals surface area contributed by atoms with Crippen molar-refractivity contribution in [1.82, 2.24) is 5.32 Å². The number of aliphatic carboxylic acids is 1. The molecule has 0 aliphatic carbocycles. The van der Waals surface area contributed by atoms with Gasteiger partial charge in [0.15, 0.2) is 0 Å². The van der Waals surface area contributed by atoms with Gasteiger partial charge in [-0.25, -0.2) is 0 Å². The Balaban J connectivity index is 4.32. The summed E-state index contributed by atoms with van der Waals surface area (Å²) in [7, 11) is 0. The van der Waals surface area contributed by atoms with Crippen LogP contribution in [0.25, 0.3) is 0 Å². The van der Waals surface area contributed by atoms with Crippen molar-refractivity contribution >= 4 is 17.8 Å². The van der Waals surface area contributed by atoms with Crippen LogP contribution >= 0.6 is 0 Å². The maximum Gasteiger partial charge on any atom is 0.322 e. The summed E-state index contributed by atoms with van der Waals surface area (Å²) in [5.74, 6) is -1.42. The first kappa shape index (κ1) is 41.4. The molecule has 6 nitrogen and oxygen atoms in total. The predicted octanol–water partition coefficient (Wildman–Crippen LogP) is 10.3. The van der Waals surface area contributed by atoms with Gasteiger partial charge in [0.2, 0.25) is 5.91 Å². The topological polar surface area (TPSA) is 92.7 Å². The predicted molar refractivity (Wildman–Crippen MR) is 185 cm³/mol. The van der Waals surface area contributed by atoms with Gasteiger partial charge in [0, 0.05) is 12.8 Å². The molecule has 1 amide bonds. The number of carbonyl (C=O) groups excluding carboxylic acids is 2. The Kier molecular flexibility index (Phi) is 31.3. The van der Waals surface area contributed by atoms with E-state index in [9.17, 15) is 14.4 Å². The number of unbranched alkanes of at least 4 members (excludes halogenated alkanes) is 14. The molecular formula is C38H65NO5. The quantitative estimate of drug-likeness (QED) is 0.0460. The second-order valence-electron chi connectivity index (χ2n) is 11.7. The van der Waals surface area contributed by atoms with E-state index < -0.39 is 5.97 Å². The van der Waals surface area contributed by atoms with Gasteiger partial charge >= 0.3 is 11.9 Å². The fourth-order valence-electron chi connectivity index (χ4n) is 4.89. The van der Waals surface area contributed by atoms with Crippen LogP contribution in [-0.2, 0) is 19.1 Å². The zero-order valence-electron chi connectivity index (χ0n) is 28.2. The van der Waals surface area contributed by atoms with Gasteiger partial charge in [-0.3, -0.25) is 14.4 Å². The Hall–Kier alpha value is -2.63. The third-order valence-corrected chi connectivity index (χ3v) is 7.50. The molecule has 0 fully saturated rings. The number of allylic oxidation sites excluding steroid dienone is 7. The number of carboxylic acid groups (broad SMARTS) is 1. The van der Waals surface area contributed by atoms with Crippen LogP contribution in [0, 0.1) is 0 Å². The normalized spacial score (nSPS) is 12.6. The molecule has 0 rings (SSSR count). The molecule has 0 aliphatic rings. The Bertz CT molecular complexity index is 814. The van der Waals surface area contributed by atoms with Crippen molar-refractivity contribution in [3.63, 3.8) is 0 Å². The lowest BCUT2D eigenvalue weighted by atomic mass is 10.0. The molecule has 44 heavy (non-hydrogen) atoms. The molecule has 0 radical (unpaired) electrons. The van der Waals surface area contributed by atoms with Crippen molar-refractivity contribution in [3.05, 3.63) is 48.6 Å². The standard InChI is InChI=1S/C38H65NO5/c1-3-5-7-9-11-13-15-16-18-20-22-24-29-33-38(43)44-35(31-27-25-28-32-36(40)39-34-37(41)42)30-26-23-21-19-17-14-12-10-8-6-4-2/h6,8,12,14,19,21,26,30,35H,3-5,7,9-11,13,15-18,20,22-25,27-29,31-34H2,1-2H3,(H,39,40)(H,41,42)/b8-6-,14-12-,21-19-,30-26-. The number of ether oxygens (including phenoxy) is 1. The maximum atomic E-state index is 12.6. The molecule has 0 aliphatic heterocycles. The van der Waals surface area contributed by atoms with E-state index in [0.717, 1.165) is 57.8 Å². The molecule has 0 saturated heterocycles. The van der Waals surface area contributed by atoms with Gasteiger partial charge < -0.3 is 15.2 Å². The van der Waals surface area contributed by atoms with Crippen molar-refractivity contribution in [1.29, 1.82) is 0 Å². The smallest absolute Gasteiger partial charge is 0.322 e. The van der Waals surface area contributed by atoms with Gasteiger partial charge in [0.05, 0.1) is 0 Å². The minimum atomic E-state index is -1.04. The van der Waals surface area contributed by atoms with E-state index in [-0.39, 0.29) is 24.5 Å². The van der Waals surface area contributed by atoms with E-state index >= 15 is 0 Å². The van der Waals surface area contributed by atoms with E-state index in [1.54, 1.807) is 0 Å². The number of hydrogen-bond acceptors (Lipinski definition) is 4. The molecule has 6 heteroatoms. The summed E-state index contributed by atoms with van der Waals surface area (Å²) in [5, 5.41) is 11.1. The lowest BCUT2D eigenvalue weighted by Gasteiger charge is -2.14. The number of carboxylic acids is 1. The number of esters is 1. The minimum Gasteiger partial charge on any atom is -0.480 e. The summed E-state index contributed by atoms with van der Waals surface area (Å²) >= 11 is 0. The van der Waals surface area contributed by atoms with Gasteiger partial charge in [-0.1, -0.05) is 140 Å². The minimum absolute atomic E-state index is 0.131. The Morgan fingerprint density at radius 1 is 0.614 bits per heavy atom. The van der Waals surface area contributed by atoms with Gasteiger partial charge in [0.25, 0.3) is 0 Å². The average Bonchev–Trinajstić information content (AvgIpc) is 3.00. The summed E-state index contributed by atoms with van der Waals surface area (Å²) in [6.07, 6.45) is 40.9. The Morgan fingerprint density at radius 3 is 1.64 bits per heavy atom. The number of hydrogen-bond donors (Lipinski definition) is 2. The molecule has 1 unspecified atom stereocenters. The van der Waals surface area contributed by atoms with Crippen LogP contribution in [0.15, 0.2) is 48.6 Å². The molecule has 0 spiro atoms. The van der Waals surface area contributed by atoms with Crippen LogP contribution in [0.2, 0.25) is 0 Å². The van der Waals surface area contributed by atoms with Gasteiger partial charge in [-0.05, 0) is 57.4 Å². The second kappa shape index (κ2) is 33.3. The zero-order chi connectivity index (χ0) is 32.4. The zero-order valence-corrected chi connectivity index (χ0v) is 28.2. The molecule has 0 heterocycles. The number of nitrogens with one attached hydrogen (secondary N) is 1. The van der Waals surface area contributed by atoms with Crippen LogP contribution < -0.4 is 5.32 Å². The number of carbonyl (C=O) groups is 3. The molecular weight excluding hydrogens is 550 g/mol. The van der Waals surface area contributed by atoms with Gasteiger partial charge in [0.1, 0.15) is 12.6 Å². The fourth-order valence-corrected chi connectivity index (χ4v) is 4.89. The summed E-state index contributed by atoms with van der Waals surface area (Å²) in [5.41, 5.74) is 0. The van der Waals surface area contributed by atoms with Crippen molar-refractivity contribution in [3.8, 4) is 0 Å². The highest BCUT2D eigenvalue weighted by Crippen LogP contribution is 2.15. The van der Waals surface area contributed by atoms with E-state index in [1.807, 2.05) is 6.08 Å². The molecule has 0 aromatic heterocycles. The Morgan fingerprint density at radius 2 is 1.09 bits per heavy atom. The summed E-state index contributed by atoms with van der Waals surface area (Å²) < 4.78 is 5.83. The highest BCUT2D eigenvalue weighted by atomic mass is 16.5. The largest absolute Gasteiger partial charge is 0.480 e. The number of rotatable bonds is 31. The molecule has 252 valence electrons. The fraction of sp³-hybridized carbons (Fsp3) is 0.711. The van der Waals surface area contributed by atoms with Crippen LogP contribution in [-0.4, -0.2) is 35.6 Å². The molecule has 0 aromatic rings. The molecule has 0 bridgehead atoms. The lowest BCUT2D eigenvalue weighted by Crippen LogP contribution is -2.28. The molecule has 1 atom stereocenters. The molecule has 0 saturated carbocycles. The van der Waals surface area contributed by atoms with Crippen LogP contribution in [0.3, 0.4) is 0 Å². The van der Waals surface area contributed by atoms with E-state index in [4.69, 9.17) is 9.84 Å². The van der Waals surface area contributed by atoms with Gasteiger partial charge in [-0.15, -0.1) is 0 Å². The lowest BCUT2D eigenvalue weighted by molar-refractivity contribution is -0.147. The van der Waals surface area contributed by atoms with Crippen molar-refractivity contribution in [2.75, 3.05) is 6.54 Å².